The number of nitrogens with one attached hydrogen (secondary N) is 2. The summed E-state index contributed by atoms with van der Waals surface area (Å²) < 4.78 is 0. The molecule has 1 atom stereocenters. The number of amides is 1. The first-order valence-corrected chi connectivity index (χ1v) is 8.39. The molecule has 7 heteroatoms. The molecule has 0 saturated heterocycles. The van der Waals surface area contributed by atoms with Gasteiger partial charge in [-0.1, -0.05) is 0 Å². The second kappa shape index (κ2) is 6.25. The molecule has 25 heavy (non-hydrogen) atoms. The monoisotopic (exact) mass is 336 g/mol. The number of H-pyrrole nitrogens is 1. The predicted octanol–water partition coefficient (Wildman–Crippen LogP) is 1.66. The zero-order valence-electron chi connectivity index (χ0n) is 14.3. The number of carbonyl (C=O) groups is 1. The van der Waals surface area contributed by atoms with Crippen molar-refractivity contribution in [2.24, 2.45) is 5.10 Å². The maximum absolute atomic E-state index is 12.2. The molecule has 2 aromatic heterocycles. The van der Waals surface area contributed by atoms with Gasteiger partial charge in [0, 0.05) is 29.8 Å². The zero-order chi connectivity index (χ0) is 17.4. The summed E-state index contributed by atoms with van der Waals surface area (Å²) >= 11 is 0. The van der Waals surface area contributed by atoms with Crippen molar-refractivity contribution in [3.05, 3.63) is 52.9 Å². The molecule has 128 valence electrons. The summed E-state index contributed by atoms with van der Waals surface area (Å²) in [5.41, 5.74) is 6.94. The van der Waals surface area contributed by atoms with Gasteiger partial charge in [-0.25, -0.2) is 15.4 Å². The second-order valence-corrected chi connectivity index (χ2v) is 6.56. The first-order chi connectivity index (χ1) is 12.1. The van der Waals surface area contributed by atoms with E-state index in [1.54, 1.807) is 18.5 Å². The van der Waals surface area contributed by atoms with Gasteiger partial charge in [0.2, 0.25) is 0 Å². The molecule has 7 nitrogen and oxygen atoms in total. The normalized spacial score (nSPS) is 21.4. The number of aromatic amines is 1. The van der Waals surface area contributed by atoms with Crippen LogP contribution in [0.3, 0.4) is 0 Å². The summed E-state index contributed by atoms with van der Waals surface area (Å²) in [6.45, 7) is 0. The number of rotatable bonds is 3. The van der Waals surface area contributed by atoms with E-state index < -0.39 is 0 Å². The first-order valence-electron chi connectivity index (χ1n) is 8.39. The van der Waals surface area contributed by atoms with Gasteiger partial charge in [0.1, 0.15) is 5.71 Å². The van der Waals surface area contributed by atoms with E-state index in [1.165, 1.54) is 11.3 Å². The molecule has 2 aromatic rings. The largest absolute Gasteiger partial charge is 0.359 e. The standard InChI is InChI=1S/C18H20N6O/c1-24(2)15-6-3-5-14-12(15)9-11(21-14)10-13-16(22-23-18(13)25)17-19-7-4-8-20-17/h4,7-10,15,21H,3,5-6H2,1-2H3,(H,23,25)/b13-10-. The molecule has 0 spiro atoms. The Morgan fingerprint density at radius 2 is 2.08 bits per heavy atom. The van der Waals surface area contributed by atoms with Gasteiger partial charge in [0.15, 0.2) is 5.82 Å². The Balaban J connectivity index is 1.71. The summed E-state index contributed by atoms with van der Waals surface area (Å²) in [7, 11) is 4.21. The van der Waals surface area contributed by atoms with Crippen LogP contribution in [-0.2, 0) is 11.2 Å². The van der Waals surface area contributed by atoms with E-state index in [0.717, 1.165) is 25.0 Å². The fourth-order valence-electron chi connectivity index (χ4n) is 3.50. The van der Waals surface area contributed by atoms with Gasteiger partial charge in [-0.2, -0.15) is 5.10 Å². The van der Waals surface area contributed by atoms with Crippen LogP contribution in [-0.4, -0.2) is 45.6 Å². The van der Waals surface area contributed by atoms with E-state index >= 15 is 0 Å². The van der Waals surface area contributed by atoms with Crippen molar-refractivity contribution in [3.63, 3.8) is 0 Å². The van der Waals surface area contributed by atoms with Crippen LogP contribution >= 0.6 is 0 Å². The molecule has 0 fully saturated rings. The Hall–Kier alpha value is -2.80. The lowest BCUT2D eigenvalue weighted by atomic mass is 9.92. The van der Waals surface area contributed by atoms with Crippen molar-refractivity contribution in [3.8, 4) is 0 Å². The van der Waals surface area contributed by atoms with Crippen molar-refractivity contribution in [1.29, 1.82) is 0 Å². The molecule has 3 heterocycles. The summed E-state index contributed by atoms with van der Waals surface area (Å²) in [5.74, 6) is 0.203. The van der Waals surface area contributed by atoms with Gasteiger partial charge in [-0.3, -0.25) is 4.79 Å². The molecule has 4 rings (SSSR count). The van der Waals surface area contributed by atoms with Crippen LogP contribution < -0.4 is 5.43 Å². The smallest absolute Gasteiger partial charge is 0.273 e. The maximum Gasteiger partial charge on any atom is 0.273 e. The molecule has 2 N–H and O–H groups in total. The maximum atomic E-state index is 12.2. The minimum atomic E-state index is -0.237. The third-order valence-corrected chi connectivity index (χ3v) is 4.69. The minimum absolute atomic E-state index is 0.237. The highest BCUT2D eigenvalue weighted by Crippen LogP contribution is 2.34. The van der Waals surface area contributed by atoms with E-state index in [1.807, 2.05) is 6.08 Å². The number of hydrazone groups is 1. The topological polar surface area (TPSA) is 86.3 Å². The van der Waals surface area contributed by atoms with E-state index in [-0.39, 0.29) is 5.91 Å². The molecule has 0 saturated carbocycles. The third-order valence-electron chi connectivity index (χ3n) is 4.69. The van der Waals surface area contributed by atoms with Crippen molar-refractivity contribution >= 4 is 17.7 Å². The Bertz CT molecular complexity index is 865. The number of hydrogen-bond acceptors (Lipinski definition) is 5. The number of carbonyl (C=O) groups excluding carboxylic acids is 1. The molecular formula is C18H20N6O. The Morgan fingerprint density at radius 1 is 1.28 bits per heavy atom. The van der Waals surface area contributed by atoms with Crippen LogP contribution in [0.15, 0.2) is 35.2 Å². The number of nitrogens with zero attached hydrogens (tertiary/aromatic N) is 4. The summed E-state index contributed by atoms with van der Waals surface area (Å²) in [5, 5.41) is 4.09. The average Bonchev–Trinajstić information content (AvgIpc) is 3.19. The van der Waals surface area contributed by atoms with E-state index in [9.17, 15) is 4.79 Å². The molecule has 1 unspecified atom stereocenters. The summed E-state index contributed by atoms with van der Waals surface area (Å²) in [6.07, 6.45) is 8.47. The summed E-state index contributed by atoms with van der Waals surface area (Å²) in [6, 6.07) is 4.29. The van der Waals surface area contributed by atoms with Crippen LogP contribution in [0.25, 0.3) is 6.08 Å². The van der Waals surface area contributed by atoms with Crippen molar-refractivity contribution in [2.45, 2.75) is 25.3 Å². The van der Waals surface area contributed by atoms with E-state index in [2.05, 4.69) is 50.5 Å². The second-order valence-electron chi connectivity index (χ2n) is 6.56. The minimum Gasteiger partial charge on any atom is -0.359 e. The van der Waals surface area contributed by atoms with Crippen molar-refractivity contribution < 1.29 is 4.79 Å². The van der Waals surface area contributed by atoms with Crippen LogP contribution in [0.1, 0.15) is 41.7 Å². The molecule has 1 aliphatic carbocycles. The van der Waals surface area contributed by atoms with Gasteiger partial charge < -0.3 is 9.88 Å². The van der Waals surface area contributed by atoms with Crippen LogP contribution in [0, 0.1) is 0 Å². The van der Waals surface area contributed by atoms with Gasteiger partial charge >= 0.3 is 0 Å². The fraction of sp³-hybridized carbons (Fsp3) is 0.333. The third kappa shape index (κ3) is 2.87. The van der Waals surface area contributed by atoms with Gasteiger partial charge in [-0.05, 0) is 57.1 Å². The molecule has 2 aliphatic rings. The van der Waals surface area contributed by atoms with Gasteiger partial charge in [0.05, 0.1) is 5.57 Å². The average molecular weight is 336 g/mol. The number of aromatic nitrogens is 3. The number of aryl methyl sites for hydroxylation is 1. The molecule has 0 aromatic carbocycles. The van der Waals surface area contributed by atoms with Crippen LogP contribution in [0.4, 0.5) is 0 Å². The highest BCUT2D eigenvalue weighted by Gasteiger charge is 2.27. The molecule has 1 amide bonds. The Labute approximate surface area is 145 Å². The lowest BCUT2D eigenvalue weighted by Crippen LogP contribution is -2.23. The quantitative estimate of drug-likeness (QED) is 0.835. The molecule has 1 aliphatic heterocycles. The van der Waals surface area contributed by atoms with Crippen molar-refractivity contribution in [1.82, 2.24) is 25.3 Å². The van der Waals surface area contributed by atoms with E-state index in [4.69, 9.17) is 0 Å². The molecule has 0 bridgehead atoms. The zero-order valence-corrected chi connectivity index (χ0v) is 14.3. The fourth-order valence-corrected chi connectivity index (χ4v) is 3.50. The lowest BCUT2D eigenvalue weighted by Gasteiger charge is -2.28. The van der Waals surface area contributed by atoms with Gasteiger partial charge in [0.25, 0.3) is 5.91 Å². The van der Waals surface area contributed by atoms with Gasteiger partial charge in [-0.15, -0.1) is 0 Å². The SMILES string of the molecule is CN(C)C1CCCc2[nH]c(/C=C3\C(=O)NN=C3c3ncccn3)cc21. The van der Waals surface area contributed by atoms with Crippen LogP contribution in [0.5, 0.6) is 0 Å². The highest BCUT2D eigenvalue weighted by atomic mass is 16.2. The Morgan fingerprint density at radius 3 is 2.84 bits per heavy atom. The van der Waals surface area contributed by atoms with Crippen molar-refractivity contribution in [2.75, 3.05) is 14.1 Å². The van der Waals surface area contributed by atoms with Crippen LogP contribution in [0.2, 0.25) is 0 Å². The number of fused-ring (bicyclic) bond motifs is 1. The Kier molecular flexibility index (Phi) is 3.93. The van der Waals surface area contributed by atoms with E-state index in [0.29, 0.717) is 23.2 Å². The molecule has 0 radical (unpaired) electrons. The highest BCUT2D eigenvalue weighted by molar-refractivity contribution is 6.32. The predicted molar refractivity (Wildman–Crippen MR) is 94.8 cm³/mol. The molecular weight excluding hydrogens is 316 g/mol. The first kappa shape index (κ1) is 15.7. The summed E-state index contributed by atoms with van der Waals surface area (Å²) in [4.78, 5) is 26.3. The number of hydrogen-bond donors (Lipinski definition) is 2. The lowest BCUT2D eigenvalue weighted by molar-refractivity contribution is -0.116.